The number of hydrogen-bond acceptors (Lipinski definition) is 3. The number of nitrogens with two attached hydrogens (primary N) is 1. The quantitative estimate of drug-likeness (QED) is 0.708. The van der Waals surface area contributed by atoms with Gasteiger partial charge in [-0.1, -0.05) is 18.2 Å². The van der Waals surface area contributed by atoms with Crippen molar-refractivity contribution in [1.29, 1.82) is 0 Å². The Morgan fingerprint density at radius 3 is 3.00 bits per heavy atom. The summed E-state index contributed by atoms with van der Waals surface area (Å²) in [5.74, 6) is 0. The van der Waals surface area contributed by atoms with Gasteiger partial charge in [0.15, 0.2) is 0 Å². The summed E-state index contributed by atoms with van der Waals surface area (Å²) in [6, 6.07) is 15.0. The number of anilines is 2. The van der Waals surface area contributed by atoms with E-state index in [2.05, 4.69) is 46.7 Å². The van der Waals surface area contributed by atoms with E-state index in [1.165, 1.54) is 33.3 Å². The molecule has 0 unspecified atom stereocenters. The fourth-order valence-electron chi connectivity index (χ4n) is 3.22. The van der Waals surface area contributed by atoms with Crippen molar-refractivity contribution >= 4 is 32.8 Å². The van der Waals surface area contributed by atoms with Crippen LogP contribution in [0.15, 0.2) is 47.8 Å². The van der Waals surface area contributed by atoms with Crippen molar-refractivity contribution in [2.75, 3.05) is 17.2 Å². The highest BCUT2D eigenvalue weighted by molar-refractivity contribution is 7.17. The standard InChI is InChI=1S/C18H18N2S/c19-15-7-8-17-13(10-15)4-3-9-20(17)11-14-12-21-18-6-2-1-5-16(14)18/h1-2,5-8,10,12H,3-4,9,11,19H2. The van der Waals surface area contributed by atoms with Crippen molar-refractivity contribution in [3.63, 3.8) is 0 Å². The summed E-state index contributed by atoms with van der Waals surface area (Å²) in [4.78, 5) is 2.49. The average molecular weight is 294 g/mol. The molecular formula is C18H18N2S. The number of nitrogen functional groups attached to an aromatic ring is 1. The van der Waals surface area contributed by atoms with Crippen molar-refractivity contribution in [3.05, 3.63) is 59.0 Å². The molecule has 1 aromatic heterocycles. The van der Waals surface area contributed by atoms with Crippen LogP contribution in [0.2, 0.25) is 0 Å². The monoisotopic (exact) mass is 294 g/mol. The van der Waals surface area contributed by atoms with Crippen molar-refractivity contribution < 1.29 is 0 Å². The van der Waals surface area contributed by atoms with Crippen molar-refractivity contribution in [2.24, 2.45) is 0 Å². The number of thiophene rings is 1. The van der Waals surface area contributed by atoms with Crippen molar-refractivity contribution in [2.45, 2.75) is 19.4 Å². The fraction of sp³-hybridized carbons (Fsp3) is 0.222. The maximum absolute atomic E-state index is 5.92. The molecule has 0 bridgehead atoms. The molecule has 1 aliphatic heterocycles. The first kappa shape index (κ1) is 12.7. The molecule has 0 spiro atoms. The lowest BCUT2D eigenvalue weighted by molar-refractivity contribution is 0.694. The number of benzene rings is 2. The predicted molar refractivity (Wildman–Crippen MR) is 92.1 cm³/mol. The van der Waals surface area contributed by atoms with Crippen LogP contribution in [0.4, 0.5) is 11.4 Å². The molecule has 106 valence electrons. The fourth-order valence-corrected chi connectivity index (χ4v) is 4.17. The molecule has 0 radical (unpaired) electrons. The van der Waals surface area contributed by atoms with E-state index in [4.69, 9.17) is 5.73 Å². The number of aryl methyl sites for hydroxylation is 1. The van der Waals surface area contributed by atoms with E-state index in [9.17, 15) is 0 Å². The molecule has 3 aromatic rings. The molecule has 2 heterocycles. The molecule has 3 heteroatoms. The lowest BCUT2D eigenvalue weighted by Gasteiger charge is -2.31. The minimum Gasteiger partial charge on any atom is -0.399 e. The molecule has 0 saturated heterocycles. The molecule has 21 heavy (non-hydrogen) atoms. The van der Waals surface area contributed by atoms with Gasteiger partial charge in [-0.05, 0) is 59.0 Å². The Kier molecular flexibility index (Phi) is 3.08. The largest absolute Gasteiger partial charge is 0.399 e. The Morgan fingerprint density at radius 1 is 1.14 bits per heavy atom. The zero-order valence-corrected chi connectivity index (χ0v) is 12.7. The van der Waals surface area contributed by atoms with Crippen molar-refractivity contribution in [1.82, 2.24) is 0 Å². The normalized spacial score (nSPS) is 14.4. The lowest BCUT2D eigenvalue weighted by atomic mass is 10.0. The smallest absolute Gasteiger partial charge is 0.0443 e. The van der Waals surface area contributed by atoms with Gasteiger partial charge in [-0.15, -0.1) is 11.3 Å². The highest BCUT2D eigenvalue weighted by Crippen LogP contribution is 2.32. The summed E-state index contributed by atoms with van der Waals surface area (Å²) in [6.07, 6.45) is 2.35. The molecule has 0 atom stereocenters. The molecule has 4 rings (SSSR count). The number of fused-ring (bicyclic) bond motifs is 2. The number of hydrogen-bond donors (Lipinski definition) is 1. The third kappa shape index (κ3) is 2.28. The van der Waals surface area contributed by atoms with Gasteiger partial charge in [-0.25, -0.2) is 0 Å². The first-order valence-electron chi connectivity index (χ1n) is 7.40. The maximum Gasteiger partial charge on any atom is 0.0443 e. The van der Waals surface area contributed by atoms with Crippen molar-refractivity contribution in [3.8, 4) is 0 Å². The van der Waals surface area contributed by atoms with Crippen LogP contribution in [-0.2, 0) is 13.0 Å². The van der Waals surface area contributed by atoms with Crippen LogP contribution in [0.5, 0.6) is 0 Å². The van der Waals surface area contributed by atoms with Crippen LogP contribution in [-0.4, -0.2) is 6.54 Å². The molecule has 0 aliphatic carbocycles. The van der Waals surface area contributed by atoms with Crippen LogP contribution < -0.4 is 10.6 Å². The predicted octanol–water partition coefficient (Wildman–Crippen LogP) is 4.44. The van der Waals surface area contributed by atoms with Gasteiger partial charge in [0.1, 0.15) is 0 Å². The molecule has 2 nitrogen and oxygen atoms in total. The van der Waals surface area contributed by atoms with E-state index in [0.717, 1.165) is 25.2 Å². The first-order valence-corrected chi connectivity index (χ1v) is 8.28. The maximum atomic E-state index is 5.92. The summed E-state index contributed by atoms with van der Waals surface area (Å²) in [6.45, 7) is 2.11. The van der Waals surface area contributed by atoms with E-state index >= 15 is 0 Å². The van der Waals surface area contributed by atoms with Gasteiger partial charge >= 0.3 is 0 Å². The SMILES string of the molecule is Nc1ccc2c(c1)CCCN2Cc1csc2ccccc12. The molecule has 2 aromatic carbocycles. The van der Waals surface area contributed by atoms with Gasteiger partial charge in [0, 0.05) is 29.2 Å². The molecule has 0 fully saturated rings. The minimum absolute atomic E-state index is 0.872. The molecule has 0 amide bonds. The Morgan fingerprint density at radius 2 is 2.05 bits per heavy atom. The highest BCUT2D eigenvalue weighted by Gasteiger charge is 2.18. The van der Waals surface area contributed by atoms with Gasteiger partial charge in [0.05, 0.1) is 0 Å². The third-order valence-corrected chi connectivity index (χ3v) is 5.25. The Labute approximate surface area is 128 Å². The van der Waals surface area contributed by atoms with Gasteiger partial charge < -0.3 is 10.6 Å². The van der Waals surface area contributed by atoms with Gasteiger partial charge in [0.2, 0.25) is 0 Å². The summed E-state index contributed by atoms with van der Waals surface area (Å²) in [5.41, 5.74) is 11.0. The third-order valence-electron chi connectivity index (χ3n) is 4.24. The Balaban J connectivity index is 1.70. The molecule has 0 saturated carbocycles. The summed E-state index contributed by atoms with van der Waals surface area (Å²) in [5, 5.41) is 3.70. The second kappa shape index (κ2) is 5.08. The number of nitrogens with zero attached hydrogens (tertiary/aromatic N) is 1. The molecular weight excluding hydrogens is 276 g/mol. The summed E-state index contributed by atoms with van der Waals surface area (Å²) in [7, 11) is 0. The van der Waals surface area contributed by atoms with Crippen LogP contribution in [0, 0.1) is 0 Å². The zero-order chi connectivity index (χ0) is 14.2. The van der Waals surface area contributed by atoms with Crippen LogP contribution in [0.1, 0.15) is 17.5 Å². The topological polar surface area (TPSA) is 29.3 Å². The van der Waals surface area contributed by atoms with E-state index in [-0.39, 0.29) is 0 Å². The Bertz CT molecular complexity index is 791. The van der Waals surface area contributed by atoms with Crippen LogP contribution in [0.3, 0.4) is 0 Å². The summed E-state index contributed by atoms with van der Waals surface area (Å²) < 4.78 is 1.38. The lowest BCUT2D eigenvalue weighted by Crippen LogP contribution is -2.28. The highest BCUT2D eigenvalue weighted by atomic mass is 32.1. The zero-order valence-electron chi connectivity index (χ0n) is 11.9. The second-order valence-corrected chi connectivity index (χ2v) is 6.58. The number of rotatable bonds is 2. The Hall–Kier alpha value is -2.00. The average Bonchev–Trinajstić information content (AvgIpc) is 2.91. The van der Waals surface area contributed by atoms with Crippen LogP contribution >= 0.6 is 11.3 Å². The van der Waals surface area contributed by atoms with E-state index in [1.807, 2.05) is 17.4 Å². The van der Waals surface area contributed by atoms with Crippen LogP contribution in [0.25, 0.3) is 10.1 Å². The van der Waals surface area contributed by atoms with E-state index in [1.54, 1.807) is 0 Å². The van der Waals surface area contributed by atoms with Gasteiger partial charge in [-0.2, -0.15) is 0 Å². The van der Waals surface area contributed by atoms with E-state index in [0.29, 0.717) is 0 Å². The molecule has 2 N–H and O–H groups in total. The minimum atomic E-state index is 0.872. The van der Waals surface area contributed by atoms with E-state index < -0.39 is 0 Å². The summed E-state index contributed by atoms with van der Waals surface area (Å²) >= 11 is 1.84. The second-order valence-electron chi connectivity index (χ2n) is 5.67. The van der Waals surface area contributed by atoms with Gasteiger partial charge in [-0.3, -0.25) is 0 Å². The molecule has 1 aliphatic rings. The first-order chi connectivity index (χ1) is 10.3. The van der Waals surface area contributed by atoms with Gasteiger partial charge in [0.25, 0.3) is 0 Å².